The summed E-state index contributed by atoms with van der Waals surface area (Å²) in [6.45, 7) is 4.87. The first-order valence-electron chi connectivity index (χ1n) is 7.10. The van der Waals surface area contributed by atoms with Crippen LogP contribution in [0.1, 0.15) is 15.9 Å². The molecule has 0 aromatic heterocycles. The number of anilines is 1. The summed E-state index contributed by atoms with van der Waals surface area (Å²) < 4.78 is 0. The molecule has 0 aliphatic carbocycles. The second kappa shape index (κ2) is 5.56. The number of piperazine rings is 1. The molecule has 0 bridgehead atoms. The Hall–Kier alpha value is -1.99. The molecular weight excluding hydrogens is 250 g/mol. The molecule has 2 heterocycles. The zero-order valence-corrected chi connectivity index (χ0v) is 11.6. The number of hydrogen-bond donors (Lipinski definition) is 1. The minimum Gasteiger partial charge on any atom is -0.384 e. The predicted octanol–water partition coefficient (Wildman–Crippen LogP) is 1.05. The van der Waals surface area contributed by atoms with Crippen LogP contribution in [0.2, 0.25) is 0 Å². The highest BCUT2D eigenvalue weighted by molar-refractivity contribution is 5.95. The van der Waals surface area contributed by atoms with Crippen molar-refractivity contribution in [3.63, 3.8) is 0 Å². The van der Waals surface area contributed by atoms with Gasteiger partial charge >= 0.3 is 0 Å². The van der Waals surface area contributed by atoms with Gasteiger partial charge in [0, 0.05) is 44.0 Å². The number of rotatable bonds is 2. The third kappa shape index (κ3) is 2.50. The summed E-state index contributed by atoms with van der Waals surface area (Å²) >= 11 is 0. The van der Waals surface area contributed by atoms with Crippen LogP contribution >= 0.6 is 0 Å². The van der Waals surface area contributed by atoms with E-state index in [1.165, 1.54) is 5.56 Å². The summed E-state index contributed by atoms with van der Waals surface area (Å²) in [7, 11) is 0. The number of nitrogens with one attached hydrogen (secondary N) is 1. The minimum absolute atomic E-state index is 0.127. The van der Waals surface area contributed by atoms with Gasteiger partial charge in [0.1, 0.15) is 0 Å². The Morgan fingerprint density at radius 3 is 2.85 bits per heavy atom. The van der Waals surface area contributed by atoms with Crippen LogP contribution in [0.5, 0.6) is 0 Å². The molecule has 4 nitrogen and oxygen atoms in total. The van der Waals surface area contributed by atoms with Crippen molar-refractivity contribution in [2.45, 2.75) is 6.42 Å². The first-order valence-corrected chi connectivity index (χ1v) is 7.10. The van der Waals surface area contributed by atoms with E-state index in [2.05, 4.69) is 22.2 Å². The molecule has 1 aromatic carbocycles. The molecule has 2 aliphatic heterocycles. The highest BCUT2D eigenvalue weighted by Crippen LogP contribution is 2.24. The number of carbonyl (C=O) groups excluding carboxylic acids is 1. The molecule has 0 atom stereocenters. The van der Waals surface area contributed by atoms with E-state index in [0.29, 0.717) is 6.54 Å². The van der Waals surface area contributed by atoms with Gasteiger partial charge in [0.25, 0.3) is 5.91 Å². The van der Waals surface area contributed by atoms with E-state index in [9.17, 15) is 4.79 Å². The van der Waals surface area contributed by atoms with Crippen LogP contribution < -0.4 is 5.32 Å². The number of hydrogen-bond acceptors (Lipinski definition) is 3. The fourth-order valence-corrected chi connectivity index (χ4v) is 2.84. The lowest BCUT2D eigenvalue weighted by Gasteiger charge is -2.33. The molecule has 0 spiro atoms. The van der Waals surface area contributed by atoms with E-state index in [0.717, 1.165) is 50.4 Å². The van der Waals surface area contributed by atoms with Gasteiger partial charge in [-0.3, -0.25) is 9.69 Å². The molecule has 104 valence electrons. The Morgan fingerprint density at radius 1 is 1.30 bits per heavy atom. The number of nitrogens with zero attached hydrogens (tertiary/aromatic N) is 2. The number of terminal acetylenes is 1. The highest BCUT2D eigenvalue weighted by atomic mass is 16.2. The molecule has 20 heavy (non-hydrogen) atoms. The summed E-state index contributed by atoms with van der Waals surface area (Å²) in [6.07, 6.45) is 6.37. The molecule has 1 fully saturated rings. The maximum atomic E-state index is 12.5. The molecule has 0 radical (unpaired) electrons. The van der Waals surface area contributed by atoms with Crippen molar-refractivity contribution in [2.24, 2.45) is 0 Å². The fraction of sp³-hybridized carbons (Fsp3) is 0.438. The fourth-order valence-electron chi connectivity index (χ4n) is 2.84. The molecule has 3 rings (SSSR count). The normalized spacial score (nSPS) is 18.2. The Bertz CT molecular complexity index is 553. The number of fused-ring (bicyclic) bond motifs is 1. The standard InChI is InChI=1S/C16H19N3O/c1-2-7-18-8-10-19(11-9-18)16(20)14-4-3-13-5-6-17-15(13)12-14/h1,3-4,12,17H,5-11H2. The van der Waals surface area contributed by atoms with Gasteiger partial charge in [-0.05, 0) is 24.1 Å². The lowest BCUT2D eigenvalue weighted by Crippen LogP contribution is -2.48. The van der Waals surface area contributed by atoms with E-state index in [4.69, 9.17) is 6.42 Å². The second-order valence-electron chi connectivity index (χ2n) is 5.32. The second-order valence-corrected chi connectivity index (χ2v) is 5.32. The largest absolute Gasteiger partial charge is 0.384 e. The number of benzene rings is 1. The molecule has 1 N–H and O–H groups in total. The maximum Gasteiger partial charge on any atom is 0.254 e. The summed E-state index contributed by atoms with van der Waals surface area (Å²) in [5.41, 5.74) is 3.20. The zero-order valence-electron chi connectivity index (χ0n) is 11.6. The lowest BCUT2D eigenvalue weighted by molar-refractivity contribution is 0.0652. The van der Waals surface area contributed by atoms with Crippen molar-refractivity contribution >= 4 is 11.6 Å². The van der Waals surface area contributed by atoms with E-state index in [1.54, 1.807) is 0 Å². The topological polar surface area (TPSA) is 35.6 Å². The number of carbonyl (C=O) groups is 1. The van der Waals surface area contributed by atoms with Gasteiger partial charge in [-0.2, -0.15) is 0 Å². The molecule has 1 amide bonds. The zero-order chi connectivity index (χ0) is 13.9. The van der Waals surface area contributed by atoms with Gasteiger partial charge in [-0.1, -0.05) is 12.0 Å². The van der Waals surface area contributed by atoms with Gasteiger partial charge in [0.2, 0.25) is 0 Å². The van der Waals surface area contributed by atoms with Gasteiger partial charge < -0.3 is 10.2 Å². The van der Waals surface area contributed by atoms with Crippen LogP contribution in [0.15, 0.2) is 18.2 Å². The first-order chi connectivity index (χ1) is 9.78. The van der Waals surface area contributed by atoms with Crippen molar-refractivity contribution in [3.05, 3.63) is 29.3 Å². The van der Waals surface area contributed by atoms with Crippen molar-refractivity contribution in [1.29, 1.82) is 0 Å². The average Bonchev–Trinajstić information content (AvgIpc) is 2.95. The smallest absolute Gasteiger partial charge is 0.254 e. The summed E-state index contributed by atoms with van der Waals surface area (Å²) in [6, 6.07) is 6.00. The maximum absolute atomic E-state index is 12.5. The lowest BCUT2D eigenvalue weighted by atomic mass is 10.1. The third-order valence-corrected chi connectivity index (χ3v) is 4.04. The molecule has 0 unspecified atom stereocenters. The Kier molecular flexibility index (Phi) is 3.62. The first kappa shape index (κ1) is 13.0. The average molecular weight is 269 g/mol. The summed E-state index contributed by atoms with van der Waals surface area (Å²) in [5, 5.41) is 3.32. The molecule has 1 saturated heterocycles. The van der Waals surface area contributed by atoms with Crippen LogP contribution in [0.4, 0.5) is 5.69 Å². The van der Waals surface area contributed by atoms with Crippen molar-refractivity contribution in [3.8, 4) is 12.3 Å². The SMILES string of the molecule is C#CCN1CCN(C(=O)c2ccc3c(c2)NCC3)CC1. The summed E-state index contributed by atoms with van der Waals surface area (Å²) in [5.74, 6) is 2.78. The molecule has 0 saturated carbocycles. The van der Waals surface area contributed by atoms with E-state index in [1.807, 2.05) is 17.0 Å². The van der Waals surface area contributed by atoms with Crippen LogP contribution in [-0.2, 0) is 6.42 Å². The molecular formula is C16H19N3O. The quantitative estimate of drug-likeness (QED) is 0.815. The molecule has 2 aliphatic rings. The van der Waals surface area contributed by atoms with E-state index >= 15 is 0 Å². The Morgan fingerprint density at radius 2 is 2.10 bits per heavy atom. The van der Waals surface area contributed by atoms with Gasteiger partial charge in [0.15, 0.2) is 0 Å². The summed E-state index contributed by atoms with van der Waals surface area (Å²) in [4.78, 5) is 16.6. The van der Waals surface area contributed by atoms with Crippen molar-refractivity contribution in [2.75, 3.05) is 44.6 Å². The van der Waals surface area contributed by atoms with Crippen LogP contribution in [0.3, 0.4) is 0 Å². The van der Waals surface area contributed by atoms with E-state index in [-0.39, 0.29) is 5.91 Å². The predicted molar refractivity (Wildman–Crippen MR) is 79.8 cm³/mol. The van der Waals surface area contributed by atoms with Crippen LogP contribution in [-0.4, -0.2) is 55.0 Å². The monoisotopic (exact) mass is 269 g/mol. The van der Waals surface area contributed by atoms with Crippen LogP contribution in [0, 0.1) is 12.3 Å². The van der Waals surface area contributed by atoms with Gasteiger partial charge in [0.05, 0.1) is 6.54 Å². The van der Waals surface area contributed by atoms with Crippen LogP contribution in [0.25, 0.3) is 0 Å². The van der Waals surface area contributed by atoms with Crippen molar-refractivity contribution in [1.82, 2.24) is 9.80 Å². The Labute approximate surface area is 119 Å². The van der Waals surface area contributed by atoms with E-state index < -0.39 is 0 Å². The Balaban J connectivity index is 1.66. The molecule has 1 aromatic rings. The van der Waals surface area contributed by atoms with Gasteiger partial charge in [-0.15, -0.1) is 6.42 Å². The molecule has 4 heteroatoms. The highest BCUT2D eigenvalue weighted by Gasteiger charge is 2.22. The van der Waals surface area contributed by atoms with Gasteiger partial charge in [-0.25, -0.2) is 0 Å². The number of amides is 1. The van der Waals surface area contributed by atoms with Crippen molar-refractivity contribution < 1.29 is 4.79 Å². The third-order valence-electron chi connectivity index (χ3n) is 4.04. The minimum atomic E-state index is 0.127.